The van der Waals surface area contributed by atoms with Crippen LogP contribution in [-0.2, 0) is 9.84 Å². The molecule has 2 aromatic rings. The van der Waals surface area contributed by atoms with Gasteiger partial charge in [-0.2, -0.15) is 0 Å². The lowest BCUT2D eigenvalue weighted by Crippen LogP contribution is -2.13. The van der Waals surface area contributed by atoms with E-state index in [9.17, 15) is 17.6 Å². The first-order valence-electron chi connectivity index (χ1n) is 6.25. The first-order valence-corrected chi connectivity index (χ1v) is 8.52. The SMILES string of the molecule is Cc1ccc(C(=O)Nc2cc(S(C)(=O)=O)ccc2Cl)cc1F. The van der Waals surface area contributed by atoms with Crippen LogP contribution in [0.2, 0.25) is 5.02 Å². The molecule has 2 rings (SSSR count). The van der Waals surface area contributed by atoms with Gasteiger partial charge in [0.15, 0.2) is 9.84 Å². The first kappa shape index (κ1) is 16.5. The molecule has 116 valence electrons. The minimum atomic E-state index is -3.42. The number of carbonyl (C=O) groups is 1. The highest BCUT2D eigenvalue weighted by Crippen LogP contribution is 2.26. The Morgan fingerprint density at radius 3 is 2.45 bits per heavy atom. The van der Waals surface area contributed by atoms with Crippen molar-refractivity contribution in [3.05, 3.63) is 58.4 Å². The third-order valence-electron chi connectivity index (χ3n) is 3.05. The quantitative estimate of drug-likeness (QED) is 0.930. The third kappa shape index (κ3) is 3.64. The van der Waals surface area contributed by atoms with Crippen LogP contribution < -0.4 is 5.32 Å². The van der Waals surface area contributed by atoms with E-state index in [1.54, 1.807) is 6.92 Å². The number of rotatable bonds is 3. The Bertz CT molecular complexity index is 850. The number of nitrogens with one attached hydrogen (secondary N) is 1. The van der Waals surface area contributed by atoms with Crippen LogP contribution >= 0.6 is 11.6 Å². The maximum atomic E-state index is 13.5. The van der Waals surface area contributed by atoms with Gasteiger partial charge in [0.05, 0.1) is 15.6 Å². The molecule has 0 aromatic heterocycles. The van der Waals surface area contributed by atoms with Crippen molar-refractivity contribution in [1.29, 1.82) is 0 Å². The molecule has 1 amide bonds. The molecule has 0 aliphatic heterocycles. The van der Waals surface area contributed by atoms with Crippen LogP contribution in [0.25, 0.3) is 0 Å². The molecular formula is C15H13ClFNO3S. The highest BCUT2D eigenvalue weighted by Gasteiger charge is 2.14. The summed E-state index contributed by atoms with van der Waals surface area (Å²) < 4.78 is 36.6. The van der Waals surface area contributed by atoms with Crippen molar-refractivity contribution >= 4 is 33.0 Å². The zero-order valence-corrected chi connectivity index (χ0v) is 13.4. The Balaban J connectivity index is 2.33. The molecule has 0 aliphatic rings. The molecule has 0 heterocycles. The topological polar surface area (TPSA) is 63.2 Å². The standard InChI is InChI=1S/C15H13ClFNO3S/c1-9-3-4-10(7-13(9)17)15(19)18-14-8-11(22(2,20)21)5-6-12(14)16/h3-8H,1-2H3,(H,18,19). The number of carbonyl (C=O) groups excluding carboxylic acids is 1. The molecule has 0 unspecified atom stereocenters. The number of amides is 1. The Labute approximate surface area is 132 Å². The van der Waals surface area contributed by atoms with Gasteiger partial charge in [0.1, 0.15) is 5.82 Å². The summed E-state index contributed by atoms with van der Waals surface area (Å²) >= 11 is 5.95. The molecule has 0 bridgehead atoms. The van der Waals surface area contributed by atoms with E-state index in [0.29, 0.717) is 5.56 Å². The average Bonchev–Trinajstić information content (AvgIpc) is 2.43. The lowest BCUT2D eigenvalue weighted by atomic mass is 10.1. The van der Waals surface area contributed by atoms with Crippen LogP contribution in [0, 0.1) is 12.7 Å². The van der Waals surface area contributed by atoms with Crippen molar-refractivity contribution in [3.63, 3.8) is 0 Å². The highest BCUT2D eigenvalue weighted by molar-refractivity contribution is 7.90. The van der Waals surface area contributed by atoms with Crippen LogP contribution in [0.4, 0.5) is 10.1 Å². The van der Waals surface area contributed by atoms with E-state index < -0.39 is 21.6 Å². The van der Waals surface area contributed by atoms with E-state index in [1.165, 1.54) is 30.3 Å². The molecule has 0 saturated heterocycles. The molecule has 22 heavy (non-hydrogen) atoms. The van der Waals surface area contributed by atoms with E-state index in [0.717, 1.165) is 12.3 Å². The van der Waals surface area contributed by atoms with Crippen LogP contribution in [0.3, 0.4) is 0 Å². The second-order valence-corrected chi connectivity index (χ2v) is 7.25. The summed E-state index contributed by atoms with van der Waals surface area (Å²) in [5.41, 5.74) is 0.688. The molecule has 0 fully saturated rings. The van der Waals surface area contributed by atoms with Gasteiger partial charge in [0.2, 0.25) is 0 Å². The normalized spacial score (nSPS) is 11.3. The maximum Gasteiger partial charge on any atom is 0.255 e. The van der Waals surface area contributed by atoms with Gasteiger partial charge in [-0.3, -0.25) is 4.79 Å². The molecule has 0 atom stereocenters. The molecule has 0 spiro atoms. The van der Waals surface area contributed by atoms with E-state index in [4.69, 9.17) is 11.6 Å². The summed E-state index contributed by atoms with van der Waals surface area (Å²) in [7, 11) is -3.42. The van der Waals surface area contributed by atoms with Crippen molar-refractivity contribution < 1.29 is 17.6 Å². The molecule has 0 radical (unpaired) electrons. The van der Waals surface area contributed by atoms with Gasteiger partial charge in [-0.15, -0.1) is 0 Å². The third-order valence-corrected chi connectivity index (χ3v) is 4.49. The number of hydrogen-bond acceptors (Lipinski definition) is 3. The smallest absolute Gasteiger partial charge is 0.255 e. The molecule has 4 nitrogen and oxygen atoms in total. The largest absolute Gasteiger partial charge is 0.321 e. The Morgan fingerprint density at radius 1 is 1.18 bits per heavy atom. The molecule has 7 heteroatoms. The van der Waals surface area contributed by atoms with Gasteiger partial charge >= 0.3 is 0 Å². The second kappa shape index (κ2) is 6.06. The number of sulfone groups is 1. The zero-order valence-electron chi connectivity index (χ0n) is 11.9. The van der Waals surface area contributed by atoms with Gasteiger partial charge in [0.25, 0.3) is 5.91 Å². The van der Waals surface area contributed by atoms with Crippen LogP contribution in [0.1, 0.15) is 15.9 Å². The summed E-state index contributed by atoms with van der Waals surface area (Å²) in [4.78, 5) is 12.1. The lowest BCUT2D eigenvalue weighted by molar-refractivity contribution is 0.102. The molecule has 2 aromatic carbocycles. The minimum Gasteiger partial charge on any atom is -0.321 e. The first-order chi connectivity index (χ1) is 10.2. The summed E-state index contributed by atoms with van der Waals surface area (Å²) in [5.74, 6) is -1.07. The molecule has 0 aliphatic carbocycles. The van der Waals surface area contributed by atoms with Gasteiger partial charge in [-0.25, -0.2) is 12.8 Å². The fourth-order valence-electron chi connectivity index (χ4n) is 1.76. The Hall–Kier alpha value is -1.92. The summed E-state index contributed by atoms with van der Waals surface area (Å²) in [6.07, 6.45) is 1.05. The Kier molecular flexibility index (Phi) is 4.53. The van der Waals surface area contributed by atoms with Gasteiger partial charge in [-0.05, 0) is 42.8 Å². The number of benzene rings is 2. The van der Waals surface area contributed by atoms with Gasteiger partial charge in [-0.1, -0.05) is 17.7 Å². The van der Waals surface area contributed by atoms with Crippen molar-refractivity contribution in [3.8, 4) is 0 Å². The van der Waals surface area contributed by atoms with Crippen molar-refractivity contribution in [2.24, 2.45) is 0 Å². The van der Waals surface area contributed by atoms with Crippen LogP contribution in [0.15, 0.2) is 41.3 Å². The van der Waals surface area contributed by atoms with Crippen molar-refractivity contribution in [2.45, 2.75) is 11.8 Å². The summed E-state index contributed by atoms with van der Waals surface area (Å²) in [5, 5.41) is 2.67. The maximum absolute atomic E-state index is 13.5. The lowest BCUT2D eigenvalue weighted by Gasteiger charge is -2.09. The van der Waals surface area contributed by atoms with Gasteiger partial charge < -0.3 is 5.32 Å². The Morgan fingerprint density at radius 2 is 1.86 bits per heavy atom. The van der Waals surface area contributed by atoms with E-state index in [1.807, 2.05) is 0 Å². The van der Waals surface area contributed by atoms with Gasteiger partial charge in [0, 0.05) is 11.8 Å². The minimum absolute atomic E-state index is 0.0299. The fraction of sp³-hybridized carbons (Fsp3) is 0.133. The molecular weight excluding hydrogens is 329 g/mol. The highest BCUT2D eigenvalue weighted by atomic mass is 35.5. The van der Waals surface area contributed by atoms with Crippen molar-refractivity contribution in [1.82, 2.24) is 0 Å². The van der Waals surface area contributed by atoms with E-state index in [-0.39, 0.29) is 21.2 Å². The fourth-order valence-corrected chi connectivity index (χ4v) is 2.57. The monoisotopic (exact) mass is 341 g/mol. The number of anilines is 1. The average molecular weight is 342 g/mol. The predicted octanol–water partition coefficient (Wildman–Crippen LogP) is 3.44. The predicted molar refractivity (Wildman–Crippen MR) is 83.7 cm³/mol. The summed E-state index contributed by atoms with van der Waals surface area (Å²) in [6, 6.07) is 8.06. The number of hydrogen-bond donors (Lipinski definition) is 1. The number of halogens is 2. The second-order valence-electron chi connectivity index (χ2n) is 4.83. The van der Waals surface area contributed by atoms with Crippen LogP contribution in [0.5, 0.6) is 0 Å². The molecule has 1 N–H and O–H groups in total. The number of aryl methyl sites for hydroxylation is 1. The van der Waals surface area contributed by atoms with Crippen molar-refractivity contribution in [2.75, 3.05) is 11.6 Å². The molecule has 0 saturated carbocycles. The van der Waals surface area contributed by atoms with Crippen LogP contribution in [-0.4, -0.2) is 20.6 Å². The zero-order chi connectivity index (χ0) is 16.5. The van der Waals surface area contributed by atoms with E-state index in [2.05, 4.69) is 5.32 Å². The van der Waals surface area contributed by atoms with E-state index >= 15 is 0 Å². The summed E-state index contributed by atoms with van der Waals surface area (Å²) in [6.45, 7) is 1.59.